The van der Waals surface area contributed by atoms with Gasteiger partial charge in [0.15, 0.2) is 0 Å². The van der Waals surface area contributed by atoms with Crippen molar-refractivity contribution in [2.24, 2.45) is 0 Å². The van der Waals surface area contributed by atoms with Gasteiger partial charge < -0.3 is 19.4 Å². The second kappa shape index (κ2) is 8.62. The maximum Gasteiger partial charge on any atom is 0.238 e. The highest BCUT2D eigenvalue weighted by atomic mass is 35.5. The Bertz CT molecular complexity index is 782. The van der Waals surface area contributed by atoms with Gasteiger partial charge in [-0.2, -0.15) is 0 Å². The Balaban J connectivity index is 1.68. The van der Waals surface area contributed by atoms with Gasteiger partial charge in [-0.25, -0.2) is 0 Å². The SMILES string of the molecule is COCCN(Cc1ccco1)C(=O)CC1Sc2ccc(Cl)cc2NC1=O. The summed E-state index contributed by atoms with van der Waals surface area (Å²) >= 11 is 7.34. The monoisotopic (exact) mass is 394 g/mol. The number of furan rings is 1. The molecule has 2 aromatic rings. The number of methoxy groups -OCH3 is 1. The second-order valence-electron chi connectivity index (χ2n) is 5.83. The minimum Gasteiger partial charge on any atom is -0.467 e. The topological polar surface area (TPSA) is 71.8 Å². The average molecular weight is 395 g/mol. The van der Waals surface area contributed by atoms with Crippen molar-refractivity contribution >= 4 is 40.9 Å². The summed E-state index contributed by atoms with van der Waals surface area (Å²) in [5.41, 5.74) is 0.683. The van der Waals surface area contributed by atoms with Gasteiger partial charge in [0.2, 0.25) is 11.8 Å². The molecule has 1 unspecified atom stereocenters. The molecule has 0 spiro atoms. The van der Waals surface area contributed by atoms with Crippen LogP contribution in [0.1, 0.15) is 12.2 Å². The Labute approximate surface area is 160 Å². The van der Waals surface area contributed by atoms with E-state index in [1.807, 2.05) is 12.1 Å². The lowest BCUT2D eigenvalue weighted by molar-refractivity contribution is -0.134. The Hall–Kier alpha value is -1.96. The number of rotatable bonds is 7. The molecule has 1 atom stereocenters. The minimum absolute atomic E-state index is 0.100. The van der Waals surface area contributed by atoms with E-state index < -0.39 is 5.25 Å². The summed E-state index contributed by atoms with van der Waals surface area (Å²) in [7, 11) is 1.59. The molecular weight excluding hydrogens is 376 g/mol. The molecule has 0 saturated carbocycles. The zero-order valence-electron chi connectivity index (χ0n) is 14.2. The van der Waals surface area contributed by atoms with Crippen LogP contribution in [0.15, 0.2) is 45.9 Å². The number of ether oxygens (including phenoxy) is 1. The number of benzene rings is 1. The van der Waals surface area contributed by atoms with Crippen molar-refractivity contribution in [3.05, 3.63) is 47.4 Å². The van der Waals surface area contributed by atoms with Crippen LogP contribution in [0.25, 0.3) is 0 Å². The molecule has 1 aliphatic rings. The molecule has 0 saturated heterocycles. The van der Waals surface area contributed by atoms with Gasteiger partial charge in [0, 0.05) is 30.0 Å². The molecular formula is C18H19ClN2O4S. The van der Waals surface area contributed by atoms with Gasteiger partial charge in [-0.1, -0.05) is 11.6 Å². The summed E-state index contributed by atoms with van der Waals surface area (Å²) in [5.74, 6) is 0.376. The van der Waals surface area contributed by atoms with Crippen LogP contribution >= 0.6 is 23.4 Å². The number of halogens is 1. The third-order valence-corrected chi connectivity index (χ3v) is 5.48. The van der Waals surface area contributed by atoms with Crippen LogP contribution in [0.5, 0.6) is 0 Å². The summed E-state index contributed by atoms with van der Waals surface area (Å²) in [4.78, 5) is 27.7. The Morgan fingerprint density at radius 2 is 2.27 bits per heavy atom. The molecule has 6 nitrogen and oxygen atoms in total. The highest BCUT2D eigenvalue weighted by Gasteiger charge is 2.30. The Kier molecular flexibility index (Phi) is 6.24. The van der Waals surface area contributed by atoms with Crippen molar-refractivity contribution in [2.45, 2.75) is 23.1 Å². The molecule has 1 aromatic heterocycles. The first-order valence-electron chi connectivity index (χ1n) is 8.13. The molecule has 1 aliphatic heterocycles. The molecule has 0 radical (unpaired) electrons. The van der Waals surface area contributed by atoms with Gasteiger partial charge >= 0.3 is 0 Å². The van der Waals surface area contributed by atoms with Crippen LogP contribution in [0, 0.1) is 0 Å². The van der Waals surface area contributed by atoms with E-state index in [0.29, 0.717) is 36.2 Å². The van der Waals surface area contributed by atoms with Crippen molar-refractivity contribution in [2.75, 3.05) is 25.6 Å². The van der Waals surface area contributed by atoms with Crippen LogP contribution in [0.4, 0.5) is 5.69 Å². The standard InChI is InChI=1S/C18H19ClN2O4S/c1-24-8-6-21(11-13-3-2-7-25-13)17(22)10-16-18(23)20-14-9-12(19)4-5-15(14)26-16/h2-5,7,9,16H,6,8,10-11H2,1H3,(H,20,23). The summed E-state index contributed by atoms with van der Waals surface area (Å²) in [6, 6.07) is 8.92. The number of carbonyl (C=O) groups is 2. The lowest BCUT2D eigenvalue weighted by Gasteiger charge is -2.27. The van der Waals surface area contributed by atoms with Crippen LogP contribution in [-0.4, -0.2) is 42.2 Å². The van der Waals surface area contributed by atoms with Crippen molar-refractivity contribution in [1.82, 2.24) is 4.90 Å². The molecule has 0 bridgehead atoms. The molecule has 138 valence electrons. The smallest absolute Gasteiger partial charge is 0.238 e. The van der Waals surface area contributed by atoms with Crippen molar-refractivity contribution in [3.63, 3.8) is 0 Å². The predicted octanol–water partition coefficient (Wildman–Crippen LogP) is 3.41. The fraction of sp³-hybridized carbons (Fsp3) is 0.333. The number of hydrogen-bond acceptors (Lipinski definition) is 5. The quantitative estimate of drug-likeness (QED) is 0.779. The number of amides is 2. The third kappa shape index (κ3) is 4.60. The molecule has 26 heavy (non-hydrogen) atoms. The molecule has 3 rings (SSSR count). The molecule has 0 fully saturated rings. The number of nitrogens with one attached hydrogen (secondary N) is 1. The van der Waals surface area contributed by atoms with Crippen molar-refractivity contribution < 1.29 is 18.7 Å². The maximum absolute atomic E-state index is 12.8. The number of hydrogen-bond donors (Lipinski definition) is 1. The molecule has 8 heteroatoms. The summed E-state index contributed by atoms with van der Waals surface area (Å²) in [6.07, 6.45) is 1.67. The van der Waals surface area contributed by atoms with Gasteiger partial charge in [-0.3, -0.25) is 9.59 Å². The van der Waals surface area contributed by atoms with Gasteiger partial charge in [0.1, 0.15) is 5.76 Å². The van der Waals surface area contributed by atoms with E-state index in [-0.39, 0.29) is 18.2 Å². The van der Waals surface area contributed by atoms with Crippen molar-refractivity contribution in [1.29, 1.82) is 0 Å². The van der Waals surface area contributed by atoms with Crippen LogP contribution in [0.3, 0.4) is 0 Å². The zero-order valence-corrected chi connectivity index (χ0v) is 15.8. The largest absolute Gasteiger partial charge is 0.467 e. The third-order valence-electron chi connectivity index (χ3n) is 3.97. The van der Waals surface area contributed by atoms with Crippen molar-refractivity contribution in [3.8, 4) is 0 Å². The van der Waals surface area contributed by atoms with Crippen LogP contribution in [-0.2, 0) is 20.9 Å². The molecule has 2 amide bonds. The van der Waals surface area contributed by atoms with Crippen LogP contribution in [0.2, 0.25) is 5.02 Å². The van der Waals surface area contributed by atoms with E-state index >= 15 is 0 Å². The Morgan fingerprint density at radius 3 is 3.00 bits per heavy atom. The van der Waals surface area contributed by atoms with Gasteiger partial charge in [0.25, 0.3) is 0 Å². The van der Waals surface area contributed by atoms with Crippen LogP contribution < -0.4 is 5.32 Å². The first kappa shape index (κ1) is 18.8. The van der Waals surface area contributed by atoms with Gasteiger partial charge in [0.05, 0.1) is 30.4 Å². The van der Waals surface area contributed by atoms with E-state index in [9.17, 15) is 9.59 Å². The first-order chi connectivity index (χ1) is 12.6. The minimum atomic E-state index is -0.488. The van der Waals surface area contributed by atoms with E-state index in [0.717, 1.165) is 4.90 Å². The highest BCUT2D eigenvalue weighted by Crippen LogP contribution is 2.38. The predicted molar refractivity (Wildman–Crippen MR) is 100 cm³/mol. The summed E-state index contributed by atoms with van der Waals surface area (Å²) in [5, 5.41) is 2.90. The van der Waals surface area contributed by atoms with E-state index in [2.05, 4.69) is 5.32 Å². The molecule has 0 aliphatic carbocycles. The Morgan fingerprint density at radius 1 is 1.42 bits per heavy atom. The average Bonchev–Trinajstić information content (AvgIpc) is 3.12. The van der Waals surface area contributed by atoms with E-state index in [4.69, 9.17) is 20.8 Å². The molecule has 1 aromatic carbocycles. The second-order valence-corrected chi connectivity index (χ2v) is 7.51. The number of anilines is 1. The number of thioether (sulfide) groups is 1. The summed E-state index contributed by atoms with van der Waals surface area (Å²) in [6.45, 7) is 1.19. The number of fused-ring (bicyclic) bond motifs is 1. The molecule has 2 heterocycles. The van der Waals surface area contributed by atoms with Gasteiger partial charge in [-0.15, -0.1) is 11.8 Å². The fourth-order valence-electron chi connectivity index (χ4n) is 2.63. The highest BCUT2D eigenvalue weighted by molar-refractivity contribution is 8.01. The van der Waals surface area contributed by atoms with E-state index in [1.54, 1.807) is 36.5 Å². The van der Waals surface area contributed by atoms with E-state index in [1.165, 1.54) is 11.8 Å². The first-order valence-corrected chi connectivity index (χ1v) is 9.38. The fourth-order valence-corrected chi connectivity index (χ4v) is 3.88. The molecule has 1 N–H and O–H groups in total. The lowest BCUT2D eigenvalue weighted by Crippen LogP contribution is -2.38. The lowest BCUT2D eigenvalue weighted by atomic mass is 10.2. The maximum atomic E-state index is 12.8. The van der Waals surface area contributed by atoms with Gasteiger partial charge in [-0.05, 0) is 30.3 Å². The number of carbonyl (C=O) groups excluding carboxylic acids is 2. The number of nitrogens with zero attached hydrogens (tertiary/aromatic N) is 1. The summed E-state index contributed by atoms with van der Waals surface area (Å²) < 4.78 is 10.4. The normalized spacial score (nSPS) is 16.1. The zero-order chi connectivity index (χ0) is 18.5.